The molecule has 1 aliphatic heterocycles. The molecular weight excluding hydrogens is 330 g/mol. The van der Waals surface area contributed by atoms with Crippen LogP contribution in [0.4, 0.5) is 14.5 Å². The van der Waals surface area contributed by atoms with E-state index in [4.69, 9.17) is 4.74 Å². The minimum absolute atomic E-state index is 0.0245. The molecule has 2 rings (SSSR count). The number of piperidine rings is 1. The van der Waals surface area contributed by atoms with Crippen molar-refractivity contribution in [2.75, 3.05) is 18.5 Å². The Hall–Kier alpha value is -2.28. The summed E-state index contributed by atoms with van der Waals surface area (Å²) < 4.78 is 31.9. The fraction of sp³-hybridized carbons (Fsp3) is 0.444. The molecule has 1 aliphatic rings. The van der Waals surface area contributed by atoms with Gasteiger partial charge in [0.25, 0.3) is 5.91 Å². The molecule has 136 valence electrons. The van der Waals surface area contributed by atoms with Crippen LogP contribution in [0.25, 0.3) is 0 Å². The van der Waals surface area contributed by atoms with Gasteiger partial charge in [0.1, 0.15) is 23.8 Å². The summed E-state index contributed by atoms with van der Waals surface area (Å²) in [4.78, 5) is 26.6. The SMILES string of the molecule is C=CCOC(C)C(=O)N1CCCCC1C(=O)Nc1cc(F)cc(F)c1. The Morgan fingerprint density at radius 3 is 2.68 bits per heavy atom. The van der Waals surface area contributed by atoms with Gasteiger partial charge in [0.2, 0.25) is 5.91 Å². The number of carbonyl (C=O) groups excluding carboxylic acids is 2. The molecule has 0 radical (unpaired) electrons. The van der Waals surface area contributed by atoms with Gasteiger partial charge >= 0.3 is 0 Å². The van der Waals surface area contributed by atoms with Gasteiger partial charge in [-0.2, -0.15) is 0 Å². The highest BCUT2D eigenvalue weighted by atomic mass is 19.1. The minimum atomic E-state index is -0.779. The minimum Gasteiger partial charge on any atom is -0.365 e. The number of carbonyl (C=O) groups is 2. The molecule has 0 aromatic heterocycles. The molecule has 1 heterocycles. The summed E-state index contributed by atoms with van der Waals surface area (Å²) in [5.41, 5.74) is 0.0245. The number of halogens is 2. The molecule has 25 heavy (non-hydrogen) atoms. The summed E-state index contributed by atoms with van der Waals surface area (Å²) in [5, 5.41) is 2.49. The van der Waals surface area contributed by atoms with Gasteiger partial charge in [-0.15, -0.1) is 6.58 Å². The van der Waals surface area contributed by atoms with Crippen molar-refractivity contribution in [1.29, 1.82) is 0 Å². The standard InChI is InChI=1S/C18H22F2N2O3/c1-3-8-25-12(2)18(24)22-7-5-4-6-16(22)17(23)21-15-10-13(19)9-14(20)11-15/h3,9-12,16H,1,4-8H2,2H3,(H,21,23). The monoisotopic (exact) mass is 352 g/mol. The van der Waals surface area contributed by atoms with Crippen LogP contribution in [0, 0.1) is 11.6 Å². The van der Waals surface area contributed by atoms with E-state index in [0.717, 1.165) is 31.0 Å². The normalized spacial score (nSPS) is 18.5. The predicted octanol–water partition coefficient (Wildman–Crippen LogP) is 2.88. The average Bonchev–Trinajstić information content (AvgIpc) is 2.58. The molecule has 0 bridgehead atoms. The zero-order valence-corrected chi connectivity index (χ0v) is 14.1. The zero-order chi connectivity index (χ0) is 18.4. The number of hydrogen-bond acceptors (Lipinski definition) is 3. The average molecular weight is 352 g/mol. The van der Waals surface area contributed by atoms with Crippen LogP contribution < -0.4 is 5.32 Å². The Labute approximate surface area is 145 Å². The largest absolute Gasteiger partial charge is 0.365 e. The highest BCUT2D eigenvalue weighted by Crippen LogP contribution is 2.21. The summed E-state index contributed by atoms with van der Waals surface area (Å²) in [7, 11) is 0. The summed E-state index contributed by atoms with van der Waals surface area (Å²) in [5.74, 6) is -2.31. The van der Waals surface area contributed by atoms with Gasteiger partial charge < -0.3 is 15.0 Å². The predicted molar refractivity (Wildman–Crippen MR) is 90.0 cm³/mol. The number of rotatable bonds is 6. The topological polar surface area (TPSA) is 58.6 Å². The van der Waals surface area contributed by atoms with Crippen LogP contribution in [0.15, 0.2) is 30.9 Å². The van der Waals surface area contributed by atoms with E-state index in [1.807, 2.05) is 0 Å². The van der Waals surface area contributed by atoms with E-state index in [1.165, 1.54) is 4.90 Å². The Morgan fingerprint density at radius 1 is 1.36 bits per heavy atom. The van der Waals surface area contributed by atoms with Gasteiger partial charge in [-0.05, 0) is 38.3 Å². The number of benzene rings is 1. The van der Waals surface area contributed by atoms with Gasteiger partial charge in [0, 0.05) is 18.3 Å². The second-order valence-corrected chi connectivity index (χ2v) is 5.95. The first-order valence-corrected chi connectivity index (χ1v) is 8.22. The lowest BCUT2D eigenvalue weighted by molar-refractivity contribution is -0.149. The lowest BCUT2D eigenvalue weighted by atomic mass is 10.0. The molecule has 1 N–H and O–H groups in total. The van der Waals surface area contributed by atoms with Gasteiger partial charge in [-0.25, -0.2) is 8.78 Å². The molecule has 5 nitrogen and oxygen atoms in total. The summed E-state index contributed by atoms with van der Waals surface area (Å²) in [6, 6.07) is 2.10. The van der Waals surface area contributed by atoms with Gasteiger partial charge in [-0.3, -0.25) is 9.59 Å². The van der Waals surface area contributed by atoms with E-state index < -0.39 is 29.7 Å². The first kappa shape index (κ1) is 19.1. The molecule has 1 fully saturated rings. The highest BCUT2D eigenvalue weighted by molar-refractivity contribution is 5.97. The van der Waals surface area contributed by atoms with Gasteiger partial charge in [0.15, 0.2) is 0 Å². The summed E-state index contributed by atoms with van der Waals surface area (Å²) >= 11 is 0. The second-order valence-electron chi connectivity index (χ2n) is 5.95. The highest BCUT2D eigenvalue weighted by Gasteiger charge is 2.34. The van der Waals surface area contributed by atoms with Crippen LogP contribution in [0.2, 0.25) is 0 Å². The van der Waals surface area contributed by atoms with Crippen LogP contribution in [-0.4, -0.2) is 42.0 Å². The maximum atomic E-state index is 13.3. The number of nitrogens with one attached hydrogen (secondary N) is 1. The van der Waals surface area contributed by atoms with Crippen LogP contribution in [0.5, 0.6) is 0 Å². The Morgan fingerprint density at radius 2 is 2.04 bits per heavy atom. The van der Waals surface area contributed by atoms with Crippen LogP contribution in [-0.2, 0) is 14.3 Å². The molecule has 2 unspecified atom stereocenters. The third-order valence-electron chi connectivity index (χ3n) is 4.03. The lowest BCUT2D eigenvalue weighted by Crippen LogP contribution is -2.53. The fourth-order valence-corrected chi connectivity index (χ4v) is 2.84. The molecule has 2 atom stereocenters. The lowest BCUT2D eigenvalue weighted by Gasteiger charge is -2.36. The molecule has 0 aliphatic carbocycles. The molecular formula is C18H22F2N2O3. The first-order valence-electron chi connectivity index (χ1n) is 8.22. The van der Waals surface area contributed by atoms with E-state index in [0.29, 0.717) is 13.0 Å². The van der Waals surface area contributed by atoms with Gasteiger partial charge in [0.05, 0.1) is 6.61 Å². The number of nitrogens with zero attached hydrogens (tertiary/aromatic N) is 1. The Kier molecular flexibility index (Phi) is 6.64. The summed E-state index contributed by atoms with van der Waals surface area (Å²) in [6.45, 7) is 5.83. The maximum absolute atomic E-state index is 13.3. The molecule has 0 spiro atoms. The van der Waals surface area contributed by atoms with Crippen molar-refractivity contribution in [1.82, 2.24) is 4.90 Å². The molecule has 0 saturated carbocycles. The molecule has 1 aromatic carbocycles. The summed E-state index contributed by atoms with van der Waals surface area (Å²) in [6.07, 6.45) is 2.92. The smallest absolute Gasteiger partial charge is 0.252 e. The van der Waals surface area contributed by atoms with E-state index in [-0.39, 0.29) is 18.2 Å². The van der Waals surface area contributed by atoms with Crippen molar-refractivity contribution in [2.24, 2.45) is 0 Å². The molecule has 7 heteroatoms. The first-order chi connectivity index (χ1) is 11.9. The fourth-order valence-electron chi connectivity index (χ4n) is 2.84. The second kappa shape index (κ2) is 8.71. The quantitative estimate of drug-likeness (QED) is 0.801. The van der Waals surface area contributed by atoms with Crippen molar-refractivity contribution in [3.63, 3.8) is 0 Å². The zero-order valence-electron chi connectivity index (χ0n) is 14.1. The van der Waals surface area contributed by atoms with Crippen LogP contribution >= 0.6 is 0 Å². The van der Waals surface area contributed by atoms with E-state index in [2.05, 4.69) is 11.9 Å². The number of hydrogen-bond donors (Lipinski definition) is 1. The number of ether oxygens (including phenoxy) is 1. The number of amides is 2. The Bertz CT molecular complexity index is 631. The molecule has 1 aromatic rings. The third kappa shape index (κ3) is 5.09. The maximum Gasteiger partial charge on any atom is 0.252 e. The number of likely N-dealkylation sites (tertiary alicyclic amines) is 1. The number of anilines is 1. The van der Waals surface area contributed by atoms with Crippen molar-refractivity contribution < 1.29 is 23.1 Å². The third-order valence-corrected chi connectivity index (χ3v) is 4.03. The van der Waals surface area contributed by atoms with Crippen LogP contribution in [0.3, 0.4) is 0 Å². The van der Waals surface area contributed by atoms with E-state index in [1.54, 1.807) is 13.0 Å². The molecule has 2 amide bonds. The van der Waals surface area contributed by atoms with E-state index in [9.17, 15) is 18.4 Å². The van der Waals surface area contributed by atoms with E-state index >= 15 is 0 Å². The van der Waals surface area contributed by atoms with Crippen molar-refractivity contribution in [2.45, 2.75) is 38.3 Å². The Balaban J connectivity index is 2.09. The van der Waals surface area contributed by atoms with Crippen LogP contribution in [0.1, 0.15) is 26.2 Å². The van der Waals surface area contributed by atoms with Crippen molar-refractivity contribution in [3.05, 3.63) is 42.5 Å². The van der Waals surface area contributed by atoms with Gasteiger partial charge in [-0.1, -0.05) is 6.08 Å². The van der Waals surface area contributed by atoms with Crippen molar-refractivity contribution in [3.8, 4) is 0 Å². The molecule has 1 saturated heterocycles. The van der Waals surface area contributed by atoms with Crippen molar-refractivity contribution >= 4 is 17.5 Å².